The lowest BCUT2D eigenvalue weighted by Gasteiger charge is -2.14. The lowest BCUT2D eigenvalue weighted by atomic mass is 10.3. The van der Waals surface area contributed by atoms with E-state index in [1.54, 1.807) is 12.5 Å². The number of nitrogen functional groups attached to an aromatic ring is 1. The van der Waals surface area contributed by atoms with E-state index in [1.807, 2.05) is 6.92 Å². The van der Waals surface area contributed by atoms with Gasteiger partial charge in [-0.25, -0.2) is 13.1 Å². The molecule has 1 aromatic heterocycles. The molecular weight excluding hydrogens is 248 g/mol. The average molecular weight is 264 g/mol. The largest absolute Gasteiger partial charge is 0.398 e. The van der Waals surface area contributed by atoms with Gasteiger partial charge >= 0.3 is 0 Å². The minimum atomic E-state index is -3.46. The monoisotopic (exact) mass is 264 g/mol. The second kappa shape index (κ2) is 5.62. The Kier molecular flexibility index (Phi) is 4.72. The summed E-state index contributed by atoms with van der Waals surface area (Å²) < 4.78 is 31.5. The van der Waals surface area contributed by atoms with Crippen molar-refractivity contribution in [3.05, 3.63) is 11.4 Å². The molecule has 3 N–H and O–H groups in total. The van der Waals surface area contributed by atoms with Gasteiger partial charge in [-0.2, -0.15) is 0 Å². The van der Waals surface area contributed by atoms with E-state index < -0.39 is 10.0 Å². The molecule has 5 nitrogen and oxygen atoms in total. The molecule has 0 saturated carbocycles. The summed E-state index contributed by atoms with van der Waals surface area (Å²) in [6, 6.07) is 1.24. The molecule has 92 valence electrons. The van der Waals surface area contributed by atoms with E-state index in [-0.39, 0.29) is 10.3 Å². The maximum absolute atomic E-state index is 11.9. The number of hydrogen-bond acceptors (Lipinski definition) is 5. The molecule has 0 aliphatic rings. The minimum absolute atomic E-state index is 0.210. The van der Waals surface area contributed by atoms with Gasteiger partial charge < -0.3 is 10.5 Å². The summed E-state index contributed by atoms with van der Waals surface area (Å²) in [5.41, 5.74) is 5.95. The van der Waals surface area contributed by atoms with E-state index in [4.69, 9.17) is 10.5 Å². The third-order valence-electron chi connectivity index (χ3n) is 2.04. The van der Waals surface area contributed by atoms with E-state index in [0.29, 0.717) is 18.7 Å². The van der Waals surface area contributed by atoms with Crippen LogP contribution in [0, 0.1) is 0 Å². The van der Waals surface area contributed by atoms with Crippen molar-refractivity contribution in [3.8, 4) is 0 Å². The van der Waals surface area contributed by atoms with Crippen molar-refractivity contribution < 1.29 is 13.2 Å². The fourth-order valence-electron chi connectivity index (χ4n) is 1.19. The fraction of sp³-hybridized carbons (Fsp3) is 0.556. The van der Waals surface area contributed by atoms with Crippen LogP contribution in [0.5, 0.6) is 0 Å². The van der Waals surface area contributed by atoms with Crippen LogP contribution < -0.4 is 10.5 Å². The number of thiophene rings is 1. The summed E-state index contributed by atoms with van der Waals surface area (Å²) in [5, 5.41) is 1.60. The summed E-state index contributed by atoms with van der Waals surface area (Å²) in [4.78, 5) is 0. The lowest BCUT2D eigenvalue weighted by molar-refractivity contribution is 0.173. The van der Waals surface area contributed by atoms with Crippen LogP contribution in [-0.2, 0) is 14.8 Å². The molecule has 0 aliphatic carbocycles. The molecule has 0 aliphatic heterocycles. The zero-order valence-electron chi connectivity index (χ0n) is 9.26. The second-order valence-corrected chi connectivity index (χ2v) is 6.23. The van der Waals surface area contributed by atoms with Crippen molar-refractivity contribution in [3.63, 3.8) is 0 Å². The number of nitrogens with two attached hydrogens (primary N) is 1. The first-order valence-electron chi connectivity index (χ1n) is 4.85. The molecule has 0 spiro atoms. The van der Waals surface area contributed by atoms with E-state index in [9.17, 15) is 8.42 Å². The van der Waals surface area contributed by atoms with Gasteiger partial charge in [0, 0.05) is 24.2 Å². The normalized spacial score (nSPS) is 13.9. The summed E-state index contributed by atoms with van der Waals surface area (Å²) in [7, 11) is -1.92. The molecule has 1 aromatic rings. The van der Waals surface area contributed by atoms with Crippen molar-refractivity contribution >= 4 is 27.0 Å². The van der Waals surface area contributed by atoms with Crippen LogP contribution in [0.2, 0.25) is 0 Å². The molecule has 1 rings (SSSR count). The standard InChI is InChI=1S/C9H16N2O3S2/c1-3-8(5-14-2)11-16(12,13)9-4-7(10)6-15-9/h4,6,8,11H,3,5,10H2,1-2H3. The topological polar surface area (TPSA) is 81.4 Å². The molecule has 1 atom stereocenters. The molecule has 0 radical (unpaired) electrons. The Labute approximate surface area is 99.7 Å². The van der Waals surface area contributed by atoms with Crippen LogP contribution in [0.3, 0.4) is 0 Å². The van der Waals surface area contributed by atoms with Gasteiger partial charge in [-0.1, -0.05) is 6.92 Å². The molecule has 7 heteroatoms. The van der Waals surface area contributed by atoms with Gasteiger partial charge in [0.15, 0.2) is 0 Å². The van der Waals surface area contributed by atoms with E-state index in [1.165, 1.54) is 6.07 Å². The van der Waals surface area contributed by atoms with E-state index in [2.05, 4.69) is 4.72 Å². The Morgan fingerprint density at radius 1 is 1.62 bits per heavy atom. The Hall–Kier alpha value is -0.630. The molecule has 1 unspecified atom stereocenters. The van der Waals surface area contributed by atoms with Crippen LogP contribution in [0.1, 0.15) is 13.3 Å². The van der Waals surface area contributed by atoms with Gasteiger partial charge in [-0.15, -0.1) is 11.3 Å². The van der Waals surface area contributed by atoms with E-state index >= 15 is 0 Å². The van der Waals surface area contributed by atoms with Gasteiger partial charge in [0.2, 0.25) is 10.0 Å². The first-order valence-corrected chi connectivity index (χ1v) is 7.21. The SMILES string of the molecule is CCC(COC)NS(=O)(=O)c1cc(N)cs1. The van der Waals surface area contributed by atoms with E-state index in [0.717, 1.165) is 11.3 Å². The number of hydrogen-bond donors (Lipinski definition) is 2. The van der Waals surface area contributed by atoms with Crippen molar-refractivity contribution in [2.24, 2.45) is 0 Å². The maximum Gasteiger partial charge on any atom is 0.250 e. The third kappa shape index (κ3) is 3.44. The lowest BCUT2D eigenvalue weighted by Crippen LogP contribution is -2.37. The van der Waals surface area contributed by atoms with Crippen molar-refractivity contribution in [2.45, 2.75) is 23.6 Å². The number of rotatable bonds is 6. The summed E-state index contributed by atoms with van der Waals surface area (Å²) in [5.74, 6) is 0. The Bertz CT molecular complexity index is 428. The average Bonchev–Trinajstić information content (AvgIpc) is 2.64. The summed E-state index contributed by atoms with van der Waals surface area (Å²) in [6.45, 7) is 2.26. The van der Waals surface area contributed by atoms with Crippen LogP contribution in [0.4, 0.5) is 5.69 Å². The van der Waals surface area contributed by atoms with Crippen molar-refractivity contribution in [1.82, 2.24) is 4.72 Å². The number of methoxy groups -OCH3 is 1. The zero-order chi connectivity index (χ0) is 12.2. The maximum atomic E-state index is 11.9. The Balaban J connectivity index is 2.78. The molecule has 16 heavy (non-hydrogen) atoms. The first-order chi connectivity index (χ1) is 7.49. The van der Waals surface area contributed by atoms with Crippen LogP contribution in [-0.4, -0.2) is 28.2 Å². The minimum Gasteiger partial charge on any atom is -0.398 e. The molecule has 0 bridgehead atoms. The van der Waals surface area contributed by atoms with Gasteiger partial charge in [0.25, 0.3) is 0 Å². The van der Waals surface area contributed by atoms with Gasteiger partial charge in [-0.3, -0.25) is 0 Å². The predicted octanol–water partition coefficient (Wildman–Crippen LogP) is 1.03. The molecule has 0 aromatic carbocycles. The van der Waals surface area contributed by atoms with Crippen molar-refractivity contribution in [1.29, 1.82) is 0 Å². The molecule has 0 fully saturated rings. The Morgan fingerprint density at radius 3 is 2.75 bits per heavy atom. The number of ether oxygens (including phenoxy) is 1. The fourth-order valence-corrected chi connectivity index (χ4v) is 3.59. The quantitative estimate of drug-likeness (QED) is 0.804. The van der Waals surface area contributed by atoms with Crippen LogP contribution in [0.25, 0.3) is 0 Å². The molecule has 1 heterocycles. The third-order valence-corrected chi connectivity index (χ3v) is 5.02. The highest BCUT2D eigenvalue weighted by atomic mass is 32.2. The van der Waals surface area contributed by atoms with Crippen molar-refractivity contribution in [2.75, 3.05) is 19.5 Å². The van der Waals surface area contributed by atoms with Gasteiger partial charge in [0.05, 0.1) is 6.61 Å². The van der Waals surface area contributed by atoms with Crippen LogP contribution >= 0.6 is 11.3 Å². The van der Waals surface area contributed by atoms with Gasteiger partial charge in [-0.05, 0) is 12.5 Å². The smallest absolute Gasteiger partial charge is 0.250 e. The molecular formula is C9H16N2O3S2. The van der Waals surface area contributed by atoms with Gasteiger partial charge in [0.1, 0.15) is 4.21 Å². The number of anilines is 1. The van der Waals surface area contributed by atoms with Crippen LogP contribution in [0.15, 0.2) is 15.7 Å². The first kappa shape index (κ1) is 13.4. The summed E-state index contributed by atoms with van der Waals surface area (Å²) >= 11 is 1.11. The highest BCUT2D eigenvalue weighted by Gasteiger charge is 2.20. The summed E-state index contributed by atoms with van der Waals surface area (Å²) in [6.07, 6.45) is 0.675. The molecule has 0 saturated heterocycles. The number of sulfonamides is 1. The molecule has 0 amide bonds. The zero-order valence-corrected chi connectivity index (χ0v) is 10.9. The highest BCUT2D eigenvalue weighted by Crippen LogP contribution is 2.21. The highest BCUT2D eigenvalue weighted by molar-refractivity contribution is 7.91. The second-order valence-electron chi connectivity index (χ2n) is 3.38. The Morgan fingerprint density at radius 2 is 2.31 bits per heavy atom. The number of nitrogens with one attached hydrogen (secondary N) is 1. The predicted molar refractivity (Wildman–Crippen MR) is 65.0 cm³/mol.